The van der Waals surface area contributed by atoms with E-state index < -0.39 is 33.9 Å². The predicted molar refractivity (Wildman–Crippen MR) is 112 cm³/mol. The number of nitrogens with one attached hydrogen (secondary N) is 2. The van der Waals surface area contributed by atoms with Gasteiger partial charge in [0.15, 0.2) is 0 Å². The number of anilines is 1. The number of H-pyrrole nitrogens is 1. The van der Waals surface area contributed by atoms with Crippen LogP contribution in [0.3, 0.4) is 0 Å². The normalized spacial score (nSPS) is 16.8. The number of carbonyl (C=O) groups is 3. The summed E-state index contributed by atoms with van der Waals surface area (Å²) in [6, 6.07) is 3.99. The predicted octanol–water partition coefficient (Wildman–Crippen LogP) is 0.674. The van der Waals surface area contributed by atoms with Gasteiger partial charge in [-0.1, -0.05) is 0 Å². The zero-order valence-electron chi connectivity index (χ0n) is 16.9. The summed E-state index contributed by atoms with van der Waals surface area (Å²) >= 11 is 0. The van der Waals surface area contributed by atoms with Crippen molar-refractivity contribution in [2.45, 2.75) is 18.9 Å². The van der Waals surface area contributed by atoms with E-state index in [1.165, 1.54) is 4.31 Å². The van der Waals surface area contributed by atoms with Crippen molar-refractivity contribution < 1.29 is 33.0 Å². The second-order valence-electron chi connectivity index (χ2n) is 7.39. The number of aromatic nitrogens is 1. The van der Waals surface area contributed by atoms with Crippen LogP contribution in [0.4, 0.5) is 5.69 Å². The van der Waals surface area contributed by atoms with Gasteiger partial charge in [0.05, 0.1) is 12.7 Å². The van der Waals surface area contributed by atoms with Crippen molar-refractivity contribution in [3.05, 3.63) is 30.0 Å². The Hall–Kier alpha value is -2.96. The lowest BCUT2D eigenvalue weighted by Crippen LogP contribution is -2.50. The van der Waals surface area contributed by atoms with Crippen molar-refractivity contribution in [3.8, 4) is 0 Å². The highest BCUT2D eigenvalue weighted by atomic mass is 32.2. The summed E-state index contributed by atoms with van der Waals surface area (Å²) in [5.74, 6) is -2.59. The maximum absolute atomic E-state index is 12.1. The molecule has 1 aromatic heterocycles. The number of carboxylic acids is 2. The van der Waals surface area contributed by atoms with Crippen molar-refractivity contribution in [1.82, 2.24) is 14.2 Å². The van der Waals surface area contributed by atoms with Gasteiger partial charge in [0.1, 0.15) is 6.04 Å². The first-order chi connectivity index (χ1) is 14.6. The van der Waals surface area contributed by atoms with Gasteiger partial charge in [-0.2, -0.15) is 4.31 Å². The van der Waals surface area contributed by atoms with Crippen LogP contribution in [-0.4, -0.2) is 83.1 Å². The van der Waals surface area contributed by atoms with Crippen LogP contribution < -0.4 is 5.32 Å². The summed E-state index contributed by atoms with van der Waals surface area (Å²) in [5, 5.41) is 21.8. The number of fused-ring (bicyclic) bond motifs is 1. The first kappa shape index (κ1) is 22.7. The number of piperazine rings is 1. The lowest BCUT2D eigenvalue weighted by molar-refractivity contribution is -0.144. The van der Waals surface area contributed by atoms with Gasteiger partial charge in [-0.25, -0.2) is 8.42 Å². The summed E-state index contributed by atoms with van der Waals surface area (Å²) in [4.78, 5) is 39.4. The van der Waals surface area contributed by atoms with Crippen LogP contribution in [0, 0.1) is 0 Å². The zero-order valence-corrected chi connectivity index (χ0v) is 17.7. The van der Waals surface area contributed by atoms with Crippen LogP contribution >= 0.6 is 0 Å². The molecule has 12 heteroatoms. The molecule has 4 N–H and O–H groups in total. The molecule has 3 rings (SSSR count). The third-order valence-corrected chi connectivity index (χ3v) is 6.50. The first-order valence-corrected chi connectivity index (χ1v) is 11.5. The maximum atomic E-state index is 12.1. The van der Waals surface area contributed by atoms with Crippen molar-refractivity contribution in [1.29, 1.82) is 0 Å². The molecule has 0 radical (unpaired) electrons. The smallest absolute Gasteiger partial charge is 0.325 e. The Balaban J connectivity index is 1.83. The molecule has 2 aromatic rings. The SMILES string of the molecule is CS(=O)(=O)N1CCN(C(C(=O)O)c2c[nH]c3ccc(NC(=O)CCC(=O)O)cc23)CC1. The highest BCUT2D eigenvalue weighted by Crippen LogP contribution is 2.31. The molecule has 2 heterocycles. The van der Waals surface area contributed by atoms with Crippen LogP contribution in [0.1, 0.15) is 24.4 Å². The number of sulfonamides is 1. The van der Waals surface area contributed by atoms with E-state index in [9.17, 15) is 27.9 Å². The summed E-state index contributed by atoms with van der Waals surface area (Å²) in [7, 11) is -3.33. The Morgan fingerprint density at radius 1 is 1.13 bits per heavy atom. The highest BCUT2D eigenvalue weighted by Gasteiger charge is 2.34. The number of aromatic amines is 1. The van der Waals surface area contributed by atoms with Gasteiger partial charge in [-0.15, -0.1) is 0 Å². The monoisotopic (exact) mass is 452 g/mol. The minimum absolute atomic E-state index is 0.171. The van der Waals surface area contributed by atoms with Crippen molar-refractivity contribution in [2.75, 3.05) is 37.8 Å². The highest BCUT2D eigenvalue weighted by molar-refractivity contribution is 7.88. The standard InChI is InChI=1S/C19H24N4O7S/c1-31(29,30)23-8-6-22(7-9-23)18(19(27)28)14-11-20-15-3-2-12(10-13(14)15)21-16(24)4-5-17(25)26/h2-3,10-11,18,20H,4-9H2,1H3,(H,21,24)(H,25,26)(H,27,28). The van der Waals surface area contributed by atoms with Crippen LogP contribution in [-0.2, 0) is 24.4 Å². The number of nitrogens with zero attached hydrogens (tertiary/aromatic N) is 2. The van der Waals surface area contributed by atoms with Gasteiger partial charge in [0.2, 0.25) is 15.9 Å². The molecule has 1 aromatic carbocycles. The molecular formula is C19H24N4O7S. The second kappa shape index (κ2) is 9.04. The van der Waals surface area contributed by atoms with Crippen molar-refractivity contribution >= 4 is 44.5 Å². The molecule has 1 unspecified atom stereocenters. The molecule has 0 aliphatic carbocycles. The van der Waals surface area contributed by atoms with Gasteiger partial charge in [0.25, 0.3) is 0 Å². The number of benzene rings is 1. The van der Waals surface area contributed by atoms with Gasteiger partial charge in [0, 0.05) is 61.0 Å². The summed E-state index contributed by atoms with van der Waals surface area (Å²) in [5.41, 5.74) is 1.60. The average molecular weight is 452 g/mol. The fraction of sp³-hybridized carbons (Fsp3) is 0.421. The van der Waals surface area contributed by atoms with Crippen LogP contribution in [0.5, 0.6) is 0 Å². The van der Waals surface area contributed by atoms with Crippen LogP contribution in [0.25, 0.3) is 10.9 Å². The van der Waals surface area contributed by atoms with Gasteiger partial charge in [-0.05, 0) is 18.2 Å². The summed E-state index contributed by atoms with van der Waals surface area (Å²) in [6.07, 6.45) is 2.27. The van der Waals surface area contributed by atoms with E-state index in [0.717, 1.165) is 6.26 Å². The third-order valence-electron chi connectivity index (χ3n) is 5.20. The Labute approximate surface area is 178 Å². The maximum Gasteiger partial charge on any atom is 0.325 e. The van der Waals surface area contributed by atoms with Gasteiger partial charge >= 0.3 is 11.9 Å². The van der Waals surface area contributed by atoms with E-state index in [1.54, 1.807) is 29.3 Å². The molecule has 1 atom stereocenters. The lowest BCUT2D eigenvalue weighted by Gasteiger charge is -2.36. The Kier molecular flexibility index (Phi) is 6.62. The Morgan fingerprint density at radius 3 is 2.39 bits per heavy atom. The number of carboxylic acid groups (broad SMARTS) is 2. The molecular weight excluding hydrogens is 428 g/mol. The second-order valence-corrected chi connectivity index (χ2v) is 9.37. The average Bonchev–Trinajstić information content (AvgIpc) is 3.09. The van der Waals surface area contributed by atoms with E-state index in [4.69, 9.17) is 5.11 Å². The van der Waals surface area contributed by atoms with Crippen LogP contribution in [0.2, 0.25) is 0 Å². The van der Waals surface area contributed by atoms with Crippen LogP contribution in [0.15, 0.2) is 24.4 Å². The van der Waals surface area contributed by atoms with E-state index in [-0.39, 0.29) is 39.0 Å². The number of carbonyl (C=O) groups excluding carboxylic acids is 1. The van der Waals surface area contributed by atoms with Crippen molar-refractivity contribution in [3.63, 3.8) is 0 Å². The van der Waals surface area contributed by atoms with Crippen molar-refractivity contribution in [2.24, 2.45) is 0 Å². The summed E-state index contributed by atoms with van der Waals surface area (Å²) in [6.45, 7) is 0.941. The zero-order chi connectivity index (χ0) is 22.8. The topological polar surface area (TPSA) is 160 Å². The molecule has 1 saturated heterocycles. The Morgan fingerprint density at radius 2 is 1.81 bits per heavy atom. The minimum atomic E-state index is -3.33. The fourth-order valence-electron chi connectivity index (χ4n) is 3.67. The van der Waals surface area contributed by atoms with E-state index >= 15 is 0 Å². The van der Waals surface area contributed by atoms with E-state index in [0.29, 0.717) is 22.2 Å². The molecule has 0 saturated carbocycles. The number of amides is 1. The third kappa shape index (κ3) is 5.40. The molecule has 1 aliphatic heterocycles. The summed E-state index contributed by atoms with van der Waals surface area (Å²) < 4.78 is 24.8. The van der Waals surface area contributed by atoms with E-state index in [2.05, 4.69) is 10.3 Å². The largest absolute Gasteiger partial charge is 0.481 e. The molecule has 0 bridgehead atoms. The number of hydrogen-bond donors (Lipinski definition) is 4. The first-order valence-electron chi connectivity index (χ1n) is 9.61. The lowest BCUT2D eigenvalue weighted by atomic mass is 10.0. The van der Waals surface area contributed by atoms with E-state index in [1.807, 2.05) is 0 Å². The molecule has 11 nitrogen and oxygen atoms in total. The molecule has 1 aliphatic rings. The van der Waals surface area contributed by atoms with Gasteiger partial charge in [-0.3, -0.25) is 19.3 Å². The fourth-order valence-corrected chi connectivity index (χ4v) is 4.50. The number of aliphatic carboxylic acids is 2. The number of hydrogen-bond acceptors (Lipinski definition) is 6. The molecule has 1 amide bonds. The van der Waals surface area contributed by atoms with Gasteiger partial charge < -0.3 is 20.5 Å². The molecule has 1 fully saturated rings. The number of rotatable bonds is 8. The molecule has 31 heavy (non-hydrogen) atoms. The quantitative estimate of drug-likeness (QED) is 0.455. The molecule has 0 spiro atoms. The minimum Gasteiger partial charge on any atom is -0.481 e. The Bertz CT molecular complexity index is 1100. The molecule has 168 valence electrons.